The lowest BCUT2D eigenvalue weighted by Crippen LogP contribution is -2.53. The fourth-order valence-corrected chi connectivity index (χ4v) is 5.99. The summed E-state index contributed by atoms with van der Waals surface area (Å²) in [6, 6.07) is -0.475. The Morgan fingerprint density at radius 2 is 2.00 bits per heavy atom. The lowest BCUT2D eigenvalue weighted by atomic mass is 9.94. The second kappa shape index (κ2) is 16.1. The number of hydrogen-bond donors (Lipinski definition) is 2. The third kappa shape index (κ3) is 8.72. The van der Waals surface area contributed by atoms with E-state index in [-0.39, 0.29) is 48.8 Å². The standard InChI is InChI=1S/C27H47N5O5S/c1-8-10-21(31(5)25(34)15-28-4)23(36-6)14-24(33)32-12-9-11-22(32)26(37-7)19(3)27(35)30-18(2)13-20-16-38-17-29-20/h16-19,21-23,26,28H,8-15H2,1-7H3,(H,30,35). The first kappa shape index (κ1) is 32.1. The number of nitrogens with one attached hydrogen (secondary N) is 2. The Kier molecular flexibility index (Phi) is 13.6. The summed E-state index contributed by atoms with van der Waals surface area (Å²) in [6.07, 6.45) is 3.18. The number of thiazole rings is 1. The van der Waals surface area contributed by atoms with E-state index in [1.165, 1.54) is 11.3 Å². The maximum atomic E-state index is 13.6. The van der Waals surface area contributed by atoms with E-state index in [2.05, 4.69) is 22.5 Å². The maximum absolute atomic E-state index is 13.6. The van der Waals surface area contributed by atoms with E-state index < -0.39 is 18.1 Å². The highest BCUT2D eigenvalue weighted by molar-refractivity contribution is 7.07. The molecule has 1 aromatic heterocycles. The molecule has 2 N–H and O–H groups in total. The molecule has 2 heterocycles. The number of nitrogens with zero attached hydrogens (tertiary/aromatic N) is 3. The molecule has 1 fully saturated rings. The smallest absolute Gasteiger partial charge is 0.236 e. The molecule has 0 radical (unpaired) electrons. The van der Waals surface area contributed by atoms with Crippen LogP contribution < -0.4 is 10.6 Å². The van der Waals surface area contributed by atoms with Gasteiger partial charge >= 0.3 is 0 Å². The lowest BCUT2D eigenvalue weighted by Gasteiger charge is -2.37. The van der Waals surface area contributed by atoms with Gasteiger partial charge in [0.15, 0.2) is 0 Å². The van der Waals surface area contributed by atoms with Crippen LogP contribution in [0, 0.1) is 5.92 Å². The van der Waals surface area contributed by atoms with Crippen LogP contribution in [-0.4, -0.2) is 104 Å². The number of aromatic nitrogens is 1. The molecule has 0 spiro atoms. The van der Waals surface area contributed by atoms with Crippen molar-refractivity contribution >= 4 is 29.1 Å². The van der Waals surface area contributed by atoms with Gasteiger partial charge in [-0.3, -0.25) is 14.4 Å². The number of ether oxygens (including phenoxy) is 2. The molecule has 0 aliphatic carbocycles. The number of likely N-dealkylation sites (tertiary alicyclic amines) is 1. The molecule has 3 amide bonds. The van der Waals surface area contributed by atoms with Crippen LogP contribution in [0.3, 0.4) is 0 Å². The third-order valence-corrected chi connectivity index (χ3v) is 8.11. The summed E-state index contributed by atoms with van der Waals surface area (Å²) in [4.78, 5) is 47.1. The zero-order valence-electron chi connectivity index (χ0n) is 24.1. The quantitative estimate of drug-likeness (QED) is 0.322. The molecule has 0 saturated carbocycles. The van der Waals surface area contributed by atoms with Crippen LogP contribution >= 0.6 is 11.3 Å². The van der Waals surface area contributed by atoms with Gasteiger partial charge in [0.05, 0.1) is 54.4 Å². The number of carbonyl (C=O) groups excluding carboxylic acids is 3. The predicted molar refractivity (Wildman–Crippen MR) is 149 cm³/mol. The molecule has 0 aromatic carbocycles. The van der Waals surface area contributed by atoms with Gasteiger partial charge in [0.2, 0.25) is 17.7 Å². The Morgan fingerprint density at radius 1 is 1.26 bits per heavy atom. The van der Waals surface area contributed by atoms with Crippen LogP contribution in [0.4, 0.5) is 0 Å². The second-order valence-electron chi connectivity index (χ2n) is 10.2. The molecule has 216 valence electrons. The van der Waals surface area contributed by atoms with Gasteiger partial charge in [-0.15, -0.1) is 11.3 Å². The minimum atomic E-state index is -0.437. The topological polar surface area (TPSA) is 113 Å². The summed E-state index contributed by atoms with van der Waals surface area (Å²) >= 11 is 1.54. The minimum absolute atomic E-state index is 0.0391. The SMILES string of the molecule is CCCC(C(CC(=O)N1CCCC1C(OC)C(C)C(=O)NC(C)Cc1cscn1)OC)N(C)C(=O)CNC. The number of hydrogen-bond acceptors (Lipinski definition) is 8. The number of rotatable bonds is 16. The molecule has 1 aromatic rings. The van der Waals surface area contributed by atoms with E-state index in [0.29, 0.717) is 13.0 Å². The fourth-order valence-electron chi connectivity index (χ4n) is 5.42. The molecule has 10 nitrogen and oxygen atoms in total. The fraction of sp³-hybridized carbons (Fsp3) is 0.778. The highest BCUT2D eigenvalue weighted by atomic mass is 32.1. The molecule has 1 aliphatic heterocycles. The monoisotopic (exact) mass is 553 g/mol. The highest BCUT2D eigenvalue weighted by Gasteiger charge is 2.41. The van der Waals surface area contributed by atoms with Crippen molar-refractivity contribution in [3.05, 3.63) is 16.6 Å². The van der Waals surface area contributed by atoms with Gasteiger partial charge in [-0.05, 0) is 33.2 Å². The maximum Gasteiger partial charge on any atom is 0.236 e. The first-order valence-corrected chi connectivity index (χ1v) is 14.5. The van der Waals surface area contributed by atoms with Gasteiger partial charge < -0.3 is 29.9 Å². The van der Waals surface area contributed by atoms with E-state index in [0.717, 1.165) is 31.4 Å². The average Bonchev–Trinajstić information content (AvgIpc) is 3.58. The van der Waals surface area contributed by atoms with Gasteiger partial charge in [0, 0.05) is 45.7 Å². The minimum Gasteiger partial charge on any atom is -0.379 e. The second-order valence-corrected chi connectivity index (χ2v) is 11.0. The first-order chi connectivity index (χ1) is 18.2. The summed E-state index contributed by atoms with van der Waals surface area (Å²) in [5.74, 6) is -0.613. The van der Waals surface area contributed by atoms with E-state index in [1.807, 2.05) is 24.1 Å². The van der Waals surface area contributed by atoms with Gasteiger partial charge in [0.25, 0.3) is 0 Å². The van der Waals surface area contributed by atoms with Crippen molar-refractivity contribution in [3.8, 4) is 0 Å². The number of methoxy groups -OCH3 is 2. The van der Waals surface area contributed by atoms with E-state index in [9.17, 15) is 14.4 Å². The molecule has 0 bridgehead atoms. The first-order valence-electron chi connectivity index (χ1n) is 13.6. The summed E-state index contributed by atoms with van der Waals surface area (Å²) < 4.78 is 11.6. The molecule has 1 aliphatic rings. The molecular weight excluding hydrogens is 506 g/mol. The number of likely N-dealkylation sites (N-methyl/N-ethyl adjacent to an activating group) is 2. The Hall–Kier alpha value is -2.08. The molecule has 38 heavy (non-hydrogen) atoms. The number of carbonyl (C=O) groups is 3. The van der Waals surface area contributed by atoms with Crippen molar-refractivity contribution in [2.75, 3.05) is 41.4 Å². The molecule has 1 saturated heterocycles. The van der Waals surface area contributed by atoms with Crippen molar-refractivity contribution in [3.63, 3.8) is 0 Å². The Labute approximate surface area is 231 Å². The Morgan fingerprint density at radius 3 is 2.58 bits per heavy atom. The predicted octanol–water partition coefficient (Wildman–Crippen LogP) is 2.08. The molecule has 11 heteroatoms. The van der Waals surface area contributed by atoms with E-state index >= 15 is 0 Å². The molecular formula is C27H47N5O5S. The molecule has 6 unspecified atom stereocenters. The van der Waals surface area contributed by atoms with E-state index in [4.69, 9.17) is 9.47 Å². The van der Waals surface area contributed by atoms with Crippen LogP contribution in [0.5, 0.6) is 0 Å². The van der Waals surface area contributed by atoms with Gasteiger partial charge in [-0.25, -0.2) is 4.98 Å². The van der Waals surface area contributed by atoms with E-state index in [1.54, 1.807) is 38.7 Å². The molecule has 6 atom stereocenters. The van der Waals surface area contributed by atoms with Crippen molar-refractivity contribution < 1.29 is 23.9 Å². The van der Waals surface area contributed by atoms with Gasteiger partial charge in [-0.1, -0.05) is 20.3 Å². The molecule has 2 rings (SSSR count). The van der Waals surface area contributed by atoms with Gasteiger partial charge in [-0.2, -0.15) is 0 Å². The van der Waals surface area contributed by atoms with Crippen LogP contribution in [-0.2, 0) is 30.3 Å². The summed E-state index contributed by atoms with van der Waals surface area (Å²) in [7, 11) is 6.70. The normalized spacial score (nSPS) is 19.4. The van der Waals surface area contributed by atoms with Crippen LogP contribution in [0.15, 0.2) is 10.9 Å². The van der Waals surface area contributed by atoms with Crippen LogP contribution in [0.1, 0.15) is 58.6 Å². The zero-order chi connectivity index (χ0) is 28.2. The van der Waals surface area contributed by atoms with Crippen molar-refractivity contribution in [2.24, 2.45) is 5.92 Å². The Balaban J connectivity index is 2.07. The largest absolute Gasteiger partial charge is 0.379 e. The van der Waals surface area contributed by atoms with Gasteiger partial charge in [0.1, 0.15) is 0 Å². The summed E-state index contributed by atoms with van der Waals surface area (Å²) in [5, 5.41) is 7.97. The Bertz CT molecular complexity index is 870. The van der Waals surface area contributed by atoms with Crippen molar-refractivity contribution in [1.82, 2.24) is 25.4 Å². The summed E-state index contributed by atoms with van der Waals surface area (Å²) in [6.45, 7) is 6.72. The van der Waals surface area contributed by atoms with Crippen molar-refractivity contribution in [1.29, 1.82) is 0 Å². The number of amides is 3. The van der Waals surface area contributed by atoms with Crippen LogP contribution in [0.25, 0.3) is 0 Å². The van der Waals surface area contributed by atoms with Crippen LogP contribution in [0.2, 0.25) is 0 Å². The lowest BCUT2D eigenvalue weighted by molar-refractivity contribution is -0.144. The van der Waals surface area contributed by atoms with Crippen molar-refractivity contribution in [2.45, 2.75) is 89.6 Å². The zero-order valence-corrected chi connectivity index (χ0v) is 24.9. The third-order valence-electron chi connectivity index (χ3n) is 7.48. The average molecular weight is 554 g/mol. The summed E-state index contributed by atoms with van der Waals surface area (Å²) in [5.41, 5.74) is 2.74. The highest BCUT2D eigenvalue weighted by Crippen LogP contribution is 2.28.